The van der Waals surface area contributed by atoms with Gasteiger partial charge in [-0.3, -0.25) is 0 Å². The Labute approximate surface area is 100 Å². The van der Waals surface area contributed by atoms with Crippen molar-refractivity contribution in [2.45, 2.75) is 58.0 Å². The first-order valence-corrected chi connectivity index (χ1v) is 7.22. The van der Waals surface area contributed by atoms with E-state index in [1.165, 1.54) is 58.0 Å². The molecule has 1 saturated heterocycles. The second-order valence-corrected chi connectivity index (χ2v) is 5.54. The molecule has 2 aliphatic rings. The van der Waals surface area contributed by atoms with Crippen molar-refractivity contribution in [3.63, 3.8) is 0 Å². The molecule has 2 heteroatoms. The van der Waals surface area contributed by atoms with Crippen molar-refractivity contribution in [1.29, 1.82) is 0 Å². The lowest BCUT2D eigenvalue weighted by atomic mass is 9.84. The summed E-state index contributed by atoms with van der Waals surface area (Å²) in [5, 5.41) is 3.47. The van der Waals surface area contributed by atoms with Crippen molar-refractivity contribution in [1.82, 2.24) is 5.32 Å². The minimum atomic E-state index is 0.570. The summed E-state index contributed by atoms with van der Waals surface area (Å²) in [4.78, 5) is 0. The quantitative estimate of drug-likeness (QED) is 0.794. The second-order valence-electron chi connectivity index (χ2n) is 5.54. The van der Waals surface area contributed by atoms with Gasteiger partial charge in [-0.05, 0) is 44.1 Å². The Morgan fingerprint density at radius 1 is 1.12 bits per heavy atom. The first kappa shape index (κ1) is 12.4. The molecule has 3 atom stereocenters. The number of nitrogens with one attached hydrogen (secondary N) is 1. The fourth-order valence-electron chi connectivity index (χ4n) is 3.19. The normalized spacial score (nSPS) is 36.2. The lowest BCUT2D eigenvalue weighted by Gasteiger charge is -2.33. The molecule has 1 aliphatic heterocycles. The number of rotatable bonds is 4. The van der Waals surface area contributed by atoms with Crippen molar-refractivity contribution >= 4 is 0 Å². The highest BCUT2D eigenvalue weighted by molar-refractivity contribution is 4.76. The maximum absolute atomic E-state index is 6.19. The summed E-state index contributed by atoms with van der Waals surface area (Å²) < 4.78 is 6.19. The van der Waals surface area contributed by atoms with Gasteiger partial charge in [-0.25, -0.2) is 0 Å². The molecule has 3 unspecified atom stereocenters. The third kappa shape index (κ3) is 3.46. The molecule has 2 nitrogen and oxygen atoms in total. The maximum atomic E-state index is 6.19. The number of piperidine rings is 1. The fraction of sp³-hybridized carbons (Fsp3) is 1.00. The summed E-state index contributed by atoms with van der Waals surface area (Å²) in [6.07, 6.45) is 10.1. The summed E-state index contributed by atoms with van der Waals surface area (Å²) in [6.45, 7) is 5.68. The molecule has 1 heterocycles. The molecule has 0 aromatic rings. The van der Waals surface area contributed by atoms with E-state index in [1.54, 1.807) is 0 Å². The lowest BCUT2D eigenvalue weighted by Crippen LogP contribution is -2.35. The molecule has 2 rings (SSSR count). The Morgan fingerprint density at radius 3 is 2.75 bits per heavy atom. The second kappa shape index (κ2) is 6.61. The zero-order chi connectivity index (χ0) is 11.2. The minimum Gasteiger partial charge on any atom is -0.378 e. The summed E-state index contributed by atoms with van der Waals surface area (Å²) >= 11 is 0. The van der Waals surface area contributed by atoms with E-state index in [4.69, 9.17) is 4.74 Å². The van der Waals surface area contributed by atoms with Gasteiger partial charge in [0.05, 0.1) is 12.7 Å². The highest BCUT2D eigenvalue weighted by Crippen LogP contribution is 2.29. The van der Waals surface area contributed by atoms with E-state index in [2.05, 4.69) is 12.2 Å². The van der Waals surface area contributed by atoms with Crippen LogP contribution in [0.2, 0.25) is 0 Å². The van der Waals surface area contributed by atoms with Crippen LogP contribution in [-0.2, 0) is 4.74 Å². The average molecular weight is 225 g/mol. The van der Waals surface area contributed by atoms with Crippen LogP contribution in [0.4, 0.5) is 0 Å². The van der Waals surface area contributed by atoms with Crippen LogP contribution < -0.4 is 5.32 Å². The maximum Gasteiger partial charge on any atom is 0.0603 e. The van der Waals surface area contributed by atoms with Gasteiger partial charge >= 0.3 is 0 Å². The van der Waals surface area contributed by atoms with E-state index in [1.807, 2.05) is 0 Å². The summed E-state index contributed by atoms with van der Waals surface area (Å²) in [7, 11) is 0. The van der Waals surface area contributed by atoms with Gasteiger partial charge in [0.2, 0.25) is 0 Å². The van der Waals surface area contributed by atoms with E-state index in [9.17, 15) is 0 Å². The number of ether oxygens (including phenoxy) is 1. The zero-order valence-corrected chi connectivity index (χ0v) is 10.7. The Kier molecular flexibility index (Phi) is 5.11. The van der Waals surface area contributed by atoms with E-state index < -0.39 is 0 Å². The van der Waals surface area contributed by atoms with Crippen LogP contribution in [0, 0.1) is 11.8 Å². The minimum absolute atomic E-state index is 0.570. The molecule has 94 valence electrons. The summed E-state index contributed by atoms with van der Waals surface area (Å²) in [5.74, 6) is 1.61. The van der Waals surface area contributed by atoms with Crippen molar-refractivity contribution in [3.05, 3.63) is 0 Å². The van der Waals surface area contributed by atoms with Gasteiger partial charge in [-0.2, -0.15) is 0 Å². The molecule has 0 aromatic carbocycles. The molecule has 0 spiro atoms. The Balaban J connectivity index is 1.70. The number of hydrogen-bond donors (Lipinski definition) is 1. The van der Waals surface area contributed by atoms with Crippen LogP contribution in [0.3, 0.4) is 0 Å². The van der Waals surface area contributed by atoms with E-state index in [0.717, 1.165) is 18.4 Å². The molecule has 1 N–H and O–H groups in total. The summed E-state index contributed by atoms with van der Waals surface area (Å²) in [6, 6.07) is 0. The van der Waals surface area contributed by atoms with Gasteiger partial charge in [-0.1, -0.05) is 26.2 Å². The van der Waals surface area contributed by atoms with Crippen LogP contribution in [-0.4, -0.2) is 25.8 Å². The van der Waals surface area contributed by atoms with Gasteiger partial charge in [0.1, 0.15) is 0 Å². The molecule has 0 amide bonds. The molecule has 0 radical (unpaired) electrons. The summed E-state index contributed by atoms with van der Waals surface area (Å²) in [5.41, 5.74) is 0. The van der Waals surface area contributed by atoms with Crippen molar-refractivity contribution < 1.29 is 4.74 Å². The predicted molar refractivity (Wildman–Crippen MR) is 67.6 cm³/mol. The van der Waals surface area contributed by atoms with Gasteiger partial charge in [-0.15, -0.1) is 0 Å². The monoisotopic (exact) mass is 225 g/mol. The van der Waals surface area contributed by atoms with E-state index in [-0.39, 0.29) is 0 Å². The largest absolute Gasteiger partial charge is 0.378 e. The SMILES string of the molecule is CCC1CCCCC1OCC1CCCNC1. The average Bonchev–Trinajstić information content (AvgIpc) is 2.38. The molecular formula is C14H27NO. The fourth-order valence-corrected chi connectivity index (χ4v) is 3.19. The predicted octanol–water partition coefficient (Wildman–Crippen LogP) is 2.97. The Morgan fingerprint density at radius 2 is 2.00 bits per heavy atom. The van der Waals surface area contributed by atoms with E-state index in [0.29, 0.717) is 6.10 Å². The van der Waals surface area contributed by atoms with Gasteiger partial charge in [0.25, 0.3) is 0 Å². The third-order valence-electron chi connectivity index (χ3n) is 4.31. The highest BCUT2D eigenvalue weighted by atomic mass is 16.5. The highest BCUT2D eigenvalue weighted by Gasteiger charge is 2.25. The van der Waals surface area contributed by atoms with Crippen LogP contribution in [0.1, 0.15) is 51.9 Å². The van der Waals surface area contributed by atoms with Crippen molar-refractivity contribution in [2.24, 2.45) is 11.8 Å². The Hall–Kier alpha value is -0.0800. The van der Waals surface area contributed by atoms with Crippen LogP contribution in [0.25, 0.3) is 0 Å². The molecular weight excluding hydrogens is 198 g/mol. The molecule has 0 aromatic heterocycles. The standard InChI is InChI=1S/C14H27NO/c1-2-13-7-3-4-8-14(13)16-11-12-6-5-9-15-10-12/h12-15H,2-11H2,1H3. The van der Waals surface area contributed by atoms with Crippen LogP contribution in [0.5, 0.6) is 0 Å². The third-order valence-corrected chi connectivity index (χ3v) is 4.31. The molecule has 1 aliphatic carbocycles. The van der Waals surface area contributed by atoms with Crippen LogP contribution >= 0.6 is 0 Å². The molecule has 16 heavy (non-hydrogen) atoms. The van der Waals surface area contributed by atoms with Gasteiger partial charge in [0.15, 0.2) is 0 Å². The zero-order valence-electron chi connectivity index (χ0n) is 10.7. The van der Waals surface area contributed by atoms with Crippen molar-refractivity contribution in [3.8, 4) is 0 Å². The van der Waals surface area contributed by atoms with Gasteiger partial charge in [0, 0.05) is 6.54 Å². The van der Waals surface area contributed by atoms with Crippen molar-refractivity contribution in [2.75, 3.05) is 19.7 Å². The number of hydrogen-bond acceptors (Lipinski definition) is 2. The Bertz CT molecular complexity index is 189. The lowest BCUT2D eigenvalue weighted by molar-refractivity contribution is -0.0307. The molecule has 2 fully saturated rings. The van der Waals surface area contributed by atoms with Crippen LogP contribution in [0.15, 0.2) is 0 Å². The smallest absolute Gasteiger partial charge is 0.0603 e. The van der Waals surface area contributed by atoms with E-state index >= 15 is 0 Å². The first-order valence-electron chi connectivity index (χ1n) is 7.22. The first-order chi connectivity index (χ1) is 7.90. The molecule has 0 bridgehead atoms. The van der Waals surface area contributed by atoms with Gasteiger partial charge < -0.3 is 10.1 Å². The molecule has 1 saturated carbocycles. The topological polar surface area (TPSA) is 21.3 Å².